The second-order valence-electron chi connectivity index (χ2n) is 2.29. The van der Waals surface area contributed by atoms with Crippen molar-refractivity contribution in [1.29, 1.82) is 0 Å². The van der Waals surface area contributed by atoms with Crippen LogP contribution in [-0.4, -0.2) is 11.8 Å². The highest BCUT2D eigenvalue weighted by Crippen LogP contribution is 2.18. The summed E-state index contributed by atoms with van der Waals surface area (Å²) < 4.78 is 0. The molecule has 0 N–H and O–H groups in total. The molecule has 1 unspecified atom stereocenters. The highest BCUT2D eigenvalue weighted by Gasteiger charge is 2.22. The normalized spacial score (nSPS) is 31.8. The topological polar surface area (TPSA) is 37.1 Å². The molecule has 1 radical (unpaired) electrons. The van der Waals surface area contributed by atoms with Gasteiger partial charge in [-0.2, -0.15) is 5.11 Å². The monoisotopic (exact) mass is 124 g/mol. The van der Waals surface area contributed by atoms with E-state index in [0.717, 1.165) is 12.8 Å². The minimum Gasteiger partial charge on any atom is -0.156 e. The van der Waals surface area contributed by atoms with E-state index in [1.54, 1.807) is 6.21 Å². The van der Waals surface area contributed by atoms with Crippen LogP contribution in [0.5, 0.6) is 0 Å². The molecule has 0 aliphatic carbocycles. The minimum absolute atomic E-state index is 0.339. The molecule has 3 heteroatoms. The van der Waals surface area contributed by atoms with Gasteiger partial charge in [0.05, 0.1) is 6.21 Å². The molecule has 49 valence electrons. The van der Waals surface area contributed by atoms with Crippen LogP contribution < -0.4 is 0 Å². The molecule has 0 saturated carbocycles. The first-order valence-corrected chi connectivity index (χ1v) is 3.08. The first-order valence-electron chi connectivity index (χ1n) is 3.08. The Morgan fingerprint density at radius 2 is 2.44 bits per heavy atom. The molecule has 0 aromatic rings. The van der Waals surface area contributed by atoms with Gasteiger partial charge < -0.3 is 0 Å². The van der Waals surface area contributed by atoms with E-state index in [1.165, 1.54) is 0 Å². The fraction of sp³-hybridized carbons (Fsp3) is 0.667. The Kier molecular flexibility index (Phi) is 1.60. The van der Waals surface area contributed by atoms with Gasteiger partial charge in [-0.05, 0) is 18.6 Å². The molecule has 1 heterocycles. The van der Waals surface area contributed by atoms with Gasteiger partial charge in [-0.1, -0.05) is 13.3 Å². The maximum atomic E-state index is 3.85. The smallest absolute Gasteiger partial charge is 0.121 e. The van der Waals surface area contributed by atoms with Gasteiger partial charge in [0.25, 0.3) is 0 Å². The quantitative estimate of drug-likeness (QED) is 0.538. The van der Waals surface area contributed by atoms with Gasteiger partial charge in [0.15, 0.2) is 0 Å². The molecule has 1 aliphatic rings. The van der Waals surface area contributed by atoms with E-state index in [9.17, 15) is 0 Å². The van der Waals surface area contributed by atoms with Crippen molar-refractivity contribution >= 4 is 6.21 Å². The zero-order chi connectivity index (χ0) is 6.74. The molecular formula is C6H10N3. The molecule has 0 amide bonds. The van der Waals surface area contributed by atoms with E-state index < -0.39 is 0 Å². The summed E-state index contributed by atoms with van der Waals surface area (Å²) in [6.45, 7) is 5.94. The first kappa shape index (κ1) is 6.39. The van der Waals surface area contributed by atoms with E-state index in [0.29, 0.717) is 0 Å². The number of hydrogen-bond acceptors (Lipinski definition) is 3. The lowest BCUT2D eigenvalue weighted by Gasteiger charge is -2.11. The van der Waals surface area contributed by atoms with Crippen LogP contribution in [0.1, 0.15) is 19.8 Å². The van der Waals surface area contributed by atoms with Crippen LogP contribution in [0, 0.1) is 6.92 Å². The fourth-order valence-electron chi connectivity index (χ4n) is 0.821. The summed E-state index contributed by atoms with van der Waals surface area (Å²) in [4.78, 5) is 0. The predicted molar refractivity (Wildman–Crippen MR) is 36.3 cm³/mol. The van der Waals surface area contributed by atoms with Gasteiger partial charge in [0, 0.05) is 0 Å². The standard InChI is InChI=1S/C6H10N3/c1-3-4-6(2)5-7-9-8-6/h5H,2-4H2,1H3. The average molecular weight is 124 g/mol. The Morgan fingerprint density at radius 1 is 1.67 bits per heavy atom. The lowest BCUT2D eigenvalue weighted by molar-refractivity contribution is 0.610. The zero-order valence-electron chi connectivity index (χ0n) is 5.54. The zero-order valence-corrected chi connectivity index (χ0v) is 5.54. The van der Waals surface area contributed by atoms with Gasteiger partial charge in [-0.25, -0.2) is 0 Å². The Bertz CT molecular complexity index is 136. The van der Waals surface area contributed by atoms with Crippen LogP contribution in [0.25, 0.3) is 0 Å². The molecule has 0 spiro atoms. The van der Waals surface area contributed by atoms with Crippen molar-refractivity contribution in [2.75, 3.05) is 0 Å². The maximum Gasteiger partial charge on any atom is 0.121 e. The summed E-state index contributed by atoms with van der Waals surface area (Å²) in [5.74, 6) is 0. The van der Waals surface area contributed by atoms with Gasteiger partial charge in [-0.3, -0.25) is 0 Å². The Hall–Kier alpha value is -0.730. The van der Waals surface area contributed by atoms with Crippen LogP contribution >= 0.6 is 0 Å². The van der Waals surface area contributed by atoms with Crippen molar-refractivity contribution in [3.63, 3.8) is 0 Å². The van der Waals surface area contributed by atoms with E-state index >= 15 is 0 Å². The second kappa shape index (κ2) is 2.25. The lowest BCUT2D eigenvalue weighted by atomic mass is 10.00. The van der Waals surface area contributed by atoms with Gasteiger partial charge in [0.1, 0.15) is 5.54 Å². The molecule has 0 saturated heterocycles. The Morgan fingerprint density at radius 3 is 2.89 bits per heavy atom. The van der Waals surface area contributed by atoms with Crippen molar-refractivity contribution in [2.45, 2.75) is 25.3 Å². The number of rotatable bonds is 2. The molecular weight excluding hydrogens is 114 g/mol. The molecule has 0 bridgehead atoms. The van der Waals surface area contributed by atoms with Crippen LogP contribution in [0.2, 0.25) is 0 Å². The van der Waals surface area contributed by atoms with Crippen molar-refractivity contribution in [3.05, 3.63) is 6.92 Å². The van der Waals surface area contributed by atoms with Crippen LogP contribution in [0.15, 0.2) is 15.4 Å². The first-order chi connectivity index (χ1) is 4.27. The third-order valence-corrected chi connectivity index (χ3v) is 1.28. The molecule has 1 aliphatic heterocycles. The molecule has 0 aromatic heterocycles. The third kappa shape index (κ3) is 1.34. The summed E-state index contributed by atoms with van der Waals surface area (Å²) in [6, 6.07) is 0. The predicted octanol–water partition coefficient (Wildman–Crippen LogP) is 1.81. The maximum absolute atomic E-state index is 3.85. The molecule has 9 heavy (non-hydrogen) atoms. The summed E-state index contributed by atoms with van der Waals surface area (Å²) in [6.07, 6.45) is 3.69. The van der Waals surface area contributed by atoms with Crippen molar-refractivity contribution in [2.24, 2.45) is 15.4 Å². The van der Waals surface area contributed by atoms with Gasteiger partial charge in [0.2, 0.25) is 0 Å². The third-order valence-electron chi connectivity index (χ3n) is 1.28. The summed E-state index contributed by atoms with van der Waals surface area (Å²) in [5, 5.41) is 11.0. The SMILES string of the molecule is [CH2]C1(CCC)C=NN=N1. The lowest BCUT2D eigenvalue weighted by Crippen LogP contribution is -2.20. The summed E-state index contributed by atoms with van der Waals surface area (Å²) >= 11 is 0. The molecule has 1 atom stereocenters. The number of hydrogen-bond donors (Lipinski definition) is 0. The Balaban J connectivity index is 2.53. The van der Waals surface area contributed by atoms with E-state index in [2.05, 4.69) is 29.3 Å². The average Bonchev–Trinajstić information content (AvgIpc) is 2.16. The largest absolute Gasteiger partial charge is 0.156 e. The Labute approximate surface area is 54.9 Å². The van der Waals surface area contributed by atoms with Gasteiger partial charge in [-0.15, -0.1) is 5.10 Å². The summed E-state index contributed by atoms with van der Waals surface area (Å²) in [5.41, 5.74) is -0.339. The van der Waals surface area contributed by atoms with Crippen LogP contribution in [0.3, 0.4) is 0 Å². The highest BCUT2D eigenvalue weighted by atomic mass is 15.4. The van der Waals surface area contributed by atoms with Crippen molar-refractivity contribution in [3.8, 4) is 0 Å². The molecule has 0 aromatic carbocycles. The van der Waals surface area contributed by atoms with Crippen molar-refractivity contribution < 1.29 is 0 Å². The molecule has 3 nitrogen and oxygen atoms in total. The highest BCUT2D eigenvalue weighted by molar-refractivity contribution is 5.72. The second-order valence-corrected chi connectivity index (χ2v) is 2.29. The van der Waals surface area contributed by atoms with Gasteiger partial charge >= 0.3 is 0 Å². The molecule has 1 rings (SSSR count). The minimum atomic E-state index is -0.339. The number of nitrogens with zero attached hydrogens (tertiary/aromatic N) is 3. The van der Waals surface area contributed by atoms with Crippen LogP contribution in [0.4, 0.5) is 0 Å². The van der Waals surface area contributed by atoms with Crippen LogP contribution in [-0.2, 0) is 0 Å². The molecule has 0 fully saturated rings. The van der Waals surface area contributed by atoms with E-state index in [-0.39, 0.29) is 5.54 Å². The summed E-state index contributed by atoms with van der Waals surface area (Å²) in [7, 11) is 0. The van der Waals surface area contributed by atoms with E-state index in [4.69, 9.17) is 0 Å². The fourth-order valence-corrected chi connectivity index (χ4v) is 0.821. The van der Waals surface area contributed by atoms with E-state index in [1.807, 2.05) is 0 Å². The van der Waals surface area contributed by atoms with Crippen molar-refractivity contribution in [1.82, 2.24) is 0 Å².